The van der Waals surface area contributed by atoms with Crippen molar-refractivity contribution in [1.82, 2.24) is 5.32 Å². The predicted molar refractivity (Wildman–Crippen MR) is 63.1 cm³/mol. The van der Waals surface area contributed by atoms with Gasteiger partial charge in [0, 0.05) is 13.0 Å². The molecule has 1 atom stereocenters. The zero-order valence-electron chi connectivity index (χ0n) is 10.3. The number of carbonyl (C=O) groups excluding carboxylic acids is 1. The minimum atomic E-state index is -0.525. The molecule has 0 aliphatic carbocycles. The lowest BCUT2D eigenvalue weighted by atomic mass is 9.93. The molecule has 1 unspecified atom stereocenters. The van der Waals surface area contributed by atoms with Crippen LogP contribution in [0.15, 0.2) is 0 Å². The molecule has 0 aliphatic rings. The molecule has 90 valence electrons. The summed E-state index contributed by atoms with van der Waals surface area (Å²) >= 11 is 5.74. The van der Waals surface area contributed by atoms with Crippen LogP contribution >= 0.6 is 11.6 Å². The monoisotopic (exact) mass is 235 g/mol. The van der Waals surface area contributed by atoms with Crippen LogP contribution in [0.4, 0.5) is 0 Å². The number of nitrogens with one attached hydrogen (secondary N) is 1. The fourth-order valence-electron chi connectivity index (χ4n) is 1.00. The predicted octanol–water partition coefficient (Wildman–Crippen LogP) is 2.04. The van der Waals surface area contributed by atoms with Crippen LogP contribution in [0.25, 0.3) is 0 Å². The van der Waals surface area contributed by atoms with E-state index in [1.807, 2.05) is 13.8 Å². The van der Waals surface area contributed by atoms with Gasteiger partial charge in [-0.3, -0.25) is 4.79 Å². The smallest absolute Gasteiger partial charge is 0.227 e. The Bertz CT molecular complexity index is 205. The van der Waals surface area contributed by atoms with Gasteiger partial charge >= 0.3 is 0 Å². The summed E-state index contributed by atoms with van der Waals surface area (Å²) in [6.07, 6.45) is 0. The van der Waals surface area contributed by atoms with Crippen LogP contribution in [-0.2, 0) is 9.53 Å². The van der Waals surface area contributed by atoms with Crippen LogP contribution in [0.2, 0.25) is 0 Å². The zero-order chi connectivity index (χ0) is 12.1. The molecular weight excluding hydrogens is 214 g/mol. The number of ether oxygens (including phenoxy) is 1. The summed E-state index contributed by atoms with van der Waals surface area (Å²) in [5.74, 6) is 0.643. The Hall–Kier alpha value is -0.280. The van der Waals surface area contributed by atoms with E-state index >= 15 is 0 Å². The fourth-order valence-corrected chi connectivity index (χ4v) is 1.13. The van der Waals surface area contributed by atoms with Gasteiger partial charge in [0.05, 0.1) is 18.1 Å². The van der Waals surface area contributed by atoms with Gasteiger partial charge in [0.1, 0.15) is 0 Å². The van der Waals surface area contributed by atoms with Crippen molar-refractivity contribution < 1.29 is 9.53 Å². The molecule has 3 nitrogen and oxygen atoms in total. The lowest BCUT2D eigenvalue weighted by Gasteiger charge is -2.27. The van der Waals surface area contributed by atoms with Crippen molar-refractivity contribution in [3.8, 4) is 0 Å². The number of hydrogen-bond donors (Lipinski definition) is 1. The van der Waals surface area contributed by atoms with E-state index in [1.165, 1.54) is 0 Å². The van der Waals surface area contributed by atoms with Crippen LogP contribution < -0.4 is 5.32 Å². The van der Waals surface area contributed by atoms with Crippen molar-refractivity contribution in [2.75, 3.05) is 19.6 Å². The van der Waals surface area contributed by atoms with E-state index < -0.39 is 5.41 Å². The van der Waals surface area contributed by atoms with Crippen LogP contribution in [0.5, 0.6) is 0 Å². The van der Waals surface area contributed by atoms with Crippen LogP contribution in [-0.4, -0.2) is 31.5 Å². The molecule has 0 heterocycles. The van der Waals surface area contributed by atoms with Crippen LogP contribution in [0.3, 0.4) is 0 Å². The molecule has 0 aromatic carbocycles. The number of rotatable bonds is 6. The summed E-state index contributed by atoms with van der Waals surface area (Å²) in [6.45, 7) is 8.30. The van der Waals surface area contributed by atoms with Gasteiger partial charge < -0.3 is 10.1 Å². The highest BCUT2D eigenvalue weighted by Crippen LogP contribution is 2.18. The fraction of sp³-hybridized carbons (Fsp3) is 0.909. The van der Waals surface area contributed by atoms with Gasteiger partial charge in [0.2, 0.25) is 5.91 Å². The largest absolute Gasteiger partial charge is 0.383 e. The molecule has 4 heteroatoms. The maximum Gasteiger partial charge on any atom is 0.227 e. The topological polar surface area (TPSA) is 38.3 Å². The van der Waals surface area contributed by atoms with Crippen molar-refractivity contribution in [3.63, 3.8) is 0 Å². The molecule has 0 bridgehead atoms. The maximum atomic E-state index is 11.8. The second kappa shape index (κ2) is 6.33. The van der Waals surface area contributed by atoms with Crippen molar-refractivity contribution in [2.24, 2.45) is 11.3 Å². The highest BCUT2D eigenvalue weighted by atomic mass is 35.5. The summed E-state index contributed by atoms with van der Waals surface area (Å²) in [6, 6.07) is 0.0463. The number of carbonyl (C=O) groups is 1. The van der Waals surface area contributed by atoms with E-state index in [0.29, 0.717) is 18.4 Å². The Morgan fingerprint density at radius 3 is 2.33 bits per heavy atom. The molecule has 0 saturated carbocycles. The molecule has 1 amide bonds. The highest BCUT2D eigenvalue weighted by Gasteiger charge is 2.29. The van der Waals surface area contributed by atoms with E-state index in [9.17, 15) is 4.79 Å². The summed E-state index contributed by atoms with van der Waals surface area (Å²) in [4.78, 5) is 11.8. The van der Waals surface area contributed by atoms with Gasteiger partial charge in [-0.25, -0.2) is 0 Å². The zero-order valence-corrected chi connectivity index (χ0v) is 11.0. The van der Waals surface area contributed by atoms with Crippen LogP contribution in [0.1, 0.15) is 27.7 Å². The Balaban J connectivity index is 4.35. The maximum absolute atomic E-state index is 11.8. The third kappa shape index (κ3) is 4.85. The van der Waals surface area contributed by atoms with E-state index in [2.05, 4.69) is 19.2 Å². The molecule has 0 saturated heterocycles. The first-order valence-corrected chi connectivity index (χ1v) is 5.74. The number of amides is 1. The second-order valence-corrected chi connectivity index (χ2v) is 5.06. The van der Waals surface area contributed by atoms with E-state index in [0.717, 1.165) is 0 Å². The van der Waals surface area contributed by atoms with Crippen molar-refractivity contribution in [2.45, 2.75) is 33.7 Å². The first-order valence-electron chi connectivity index (χ1n) is 5.21. The molecule has 0 aromatic heterocycles. The van der Waals surface area contributed by atoms with Crippen molar-refractivity contribution in [3.05, 3.63) is 0 Å². The van der Waals surface area contributed by atoms with E-state index in [1.54, 1.807) is 7.11 Å². The Kier molecular flexibility index (Phi) is 6.22. The first-order chi connectivity index (χ1) is 6.85. The molecule has 0 aromatic rings. The standard InChI is InChI=1S/C11H22ClNO2/c1-8(2)9(6-15-5)13-10(14)11(3,4)7-12/h8-9H,6-7H2,1-5H3,(H,13,14). The van der Waals surface area contributed by atoms with Gasteiger partial charge in [-0.15, -0.1) is 11.6 Å². The van der Waals surface area contributed by atoms with E-state index in [4.69, 9.17) is 16.3 Å². The highest BCUT2D eigenvalue weighted by molar-refractivity contribution is 6.19. The van der Waals surface area contributed by atoms with Gasteiger partial charge in [-0.1, -0.05) is 13.8 Å². The molecule has 0 aliphatic heterocycles. The molecule has 0 fully saturated rings. The number of halogens is 1. The lowest BCUT2D eigenvalue weighted by Crippen LogP contribution is -2.47. The van der Waals surface area contributed by atoms with Gasteiger partial charge in [0.25, 0.3) is 0 Å². The summed E-state index contributed by atoms with van der Waals surface area (Å²) < 4.78 is 5.06. The molecule has 0 spiro atoms. The summed E-state index contributed by atoms with van der Waals surface area (Å²) in [7, 11) is 1.63. The third-order valence-corrected chi connectivity index (χ3v) is 3.08. The number of alkyl halides is 1. The molecule has 15 heavy (non-hydrogen) atoms. The SMILES string of the molecule is COCC(NC(=O)C(C)(C)CCl)C(C)C. The molecule has 0 radical (unpaired) electrons. The third-order valence-electron chi connectivity index (χ3n) is 2.42. The van der Waals surface area contributed by atoms with Gasteiger partial charge in [-0.05, 0) is 19.8 Å². The lowest BCUT2D eigenvalue weighted by molar-refractivity contribution is -0.129. The molecular formula is C11H22ClNO2. The number of methoxy groups -OCH3 is 1. The molecule has 0 rings (SSSR count). The Labute approximate surface area is 97.5 Å². The van der Waals surface area contributed by atoms with E-state index in [-0.39, 0.29) is 11.9 Å². The Morgan fingerprint density at radius 1 is 1.47 bits per heavy atom. The van der Waals surface area contributed by atoms with Gasteiger partial charge in [-0.2, -0.15) is 0 Å². The molecule has 1 N–H and O–H groups in total. The second-order valence-electron chi connectivity index (χ2n) is 4.80. The van der Waals surface area contributed by atoms with Crippen molar-refractivity contribution >= 4 is 17.5 Å². The average molecular weight is 236 g/mol. The minimum absolute atomic E-state index is 0.0201. The minimum Gasteiger partial charge on any atom is -0.383 e. The van der Waals surface area contributed by atoms with Crippen LogP contribution in [0, 0.1) is 11.3 Å². The average Bonchev–Trinajstić information content (AvgIpc) is 2.16. The Morgan fingerprint density at radius 2 is 2.00 bits per heavy atom. The quantitative estimate of drug-likeness (QED) is 0.716. The first kappa shape index (κ1) is 14.7. The van der Waals surface area contributed by atoms with Crippen molar-refractivity contribution in [1.29, 1.82) is 0 Å². The number of hydrogen-bond acceptors (Lipinski definition) is 2. The van der Waals surface area contributed by atoms with Gasteiger partial charge in [0.15, 0.2) is 0 Å². The normalized spacial score (nSPS) is 14.1. The summed E-state index contributed by atoms with van der Waals surface area (Å²) in [5.41, 5.74) is -0.525. The summed E-state index contributed by atoms with van der Waals surface area (Å²) in [5, 5.41) is 2.96.